The summed E-state index contributed by atoms with van der Waals surface area (Å²) in [7, 11) is 0. The van der Waals surface area contributed by atoms with Crippen molar-refractivity contribution >= 4 is 28.3 Å². The van der Waals surface area contributed by atoms with Gasteiger partial charge in [0.2, 0.25) is 5.91 Å². The fourth-order valence-electron chi connectivity index (χ4n) is 4.12. The molecule has 166 valence electrons. The number of fused-ring (bicyclic) bond motifs is 1. The SMILES string of the molecule is O=C(Nc1nc2c(s1)CCCCC2)C1CCN(C(=O)c2ccc(C(F)(F)F)cc2)CC1. The summed E-state index contributed by atoms with van der Waals surface area (Å²) in [6.07, 6.45) is 2.10. The zero-order valence-electron chi connectivity index (χ0n) is 17.0. The van der Waals surface area contributed by atoms with Crippen LogP contribution >= 0.6 is 11.3 Å². The van der Waals surface area contributed by atoms with Gasteiger partial charge in [-0.3, -0.25) is 9.59 Å². The minimum atomic E-state index is -4.43. The number of carbonyl (C=O) groups is 2. The lowest BCUT2D eigenvalue weighted by Crippen LogP contribution is -2.41. The molecule has 1 aromatic carbocycles. The average Bonchev–Trinajstić information content (AvgIpc) is 3.00. The number of alkyl halides is 3. The highest BCUT2D eigenvalue weighted by Gasteiger charge is 2.31. The van der Waals surface area contributed by atoms with Crippen LogP contribution in [0.5, 0.6) is 0 Å². The molecule has 31 heavy (non-hydrogen) atoms. The summed E-state index contributed by atoms with van der Waals surface area (Å²) in [5.74, 6) is -0.595. The third-order valence-electron chi connectivity index (χ3n) is 5.94. The summed E-state index contributed by atoms with van der Waals surface area (Å²) in [4.78, 5) is 32.7. The molecule has 1 saturated heterocycles. The second kappa shape index (κ2) is 8.98. The van der Waals surface area contributed by atoms with Crippen LogP contribution in [-0.4, -0.2) is 34.8 Å². The summed E-state index contributed by atoms with van der Waals surface area (Å²) in [6.45, 7) is 0.790. The Bertz CT molecular complexity index is 924. The number of aryl methyl sites for hydroxylation is 2. The number of thiazole rings is 1. The first-order valence-electron chi connectivity index (χ1n) is 10.6. The van der Waals surface area contributed by atoms with Gasteiger partial charge in [0, 0.05) is 29.4 Å². The van der Waals surface area contributed by atoms with Crippen LogP contribution in [-0.2, 0) is 23.8 Å². The molecule has 0 saturated carbocycles. The van der Waals surface area contributed by atoms with Crippen molar-refractivity contribution in [3.8, 4) is 0 Å². The Kier molecular flexibility index (Phi) is 6.31. The van der Waals surface area contributed by atoms with Gasteiger partial charge >= 0.3 is 6.18 Å². The number of likely N-dealkylation sites (tertiary alicyclic amines) is 1. The van der Waals surface area contributed by atoms with E-state index in [0.717, 1.165) is 43.5 Å². The van der Waals surface area contributed by atoms with Gasteiger partial charge in [-0.05, 0) is 62.8 Å². The molecule has 4 rings (SSSR count). The second-order valence-electron chi connectivity index (χ2n) is 8.08. The van der Waals surface area contributed by atoms with Gasteiger partial charge in [0.15, 0.2) is 5.13 Å². The summed E-state index contributed by atoms with van der Waals surface area (Å²) < 4.78 is 38.1. The first-order valence-corrected chi connectivity index (χ1v) is 11.4. The lowest BCUT2D eigenvalue weighted by Gasteiger charge is -2.31. The normalized spacial score (nSPS) is 17.7. The van der Waals surface area contributed by atoms with Crippen molar-refractivity contribution < 1.29 is 22.8 Å². The van der Waals surface area contributed by atoms with Crippen LogP contribution in [0.15, 0.2) is 24.3 Å². The summed E-state index contributed by atoms with van der Waals surface area (Å²) in [6, 6.07) is 4.25. The third kappa shape index (κ3) is 5.08. The first kappa shape index (κ1) is 21.8. The molecule has 0 unspecified atom stereocenters. The molecular weight excluding hydrogens is 427 g/mol. The Morgan fingerprint density at radius 2 is 1.71 bits per heavy atom. The van der Waals surface area contributed by atoms with Crippen LogP contribution in [0.25, 0.3) is 0 Å². The van der Waals surface area contributed by atoms with Crippen LogP contribution in [0.3, 0.4) is 0 Å². The predicted octanol–water partition coefficient (Wildman–Crippen LogP) is 4.92. The zero-order valence-corrected chi connectivity index (χ0v) is 17.8. The van der Waals surface area contributed by atoms with E-state index in [-0.39, 0.29) is 23.3 Å². The van der Waals surface area contributed by atoms with Crippen molar-refractivity contribution in [2.45, 2.75) is 51.1 Å². The molecule has 1 aliphatic heterocycles. The zero-order chi connectivity index (χ0) is 22.0. The molecule has 2 heterocycles. The monoisotopic (exact) mass is 451 g/mol. The van der Waals surface area contributed by atoms with E-state index in [0.29, 0.717) is 31.1 Å². The molecular formula is C22H24F3N3O2S. The fourth-order valence-corrected chi connectivity index (χ4v) is 5.17. The van der Waals surface area contributed by atoms with E-state index in [1.165, 1.54) is 23.4 Å². The summed E-state index contributed by atoms with van der Waals surface area (Å²) in [5, 5.41) is 3.60. The van der Waals surface area contributed by atoms with Gasteiger partial charge in [0.25, 0.3) is 5.91 Å². The van der Waals surface area contributed by atoms with Gasteiger partial charge in [-0.25, -0.2) is 4.98 Å². The highest BCUT2D eigenvalue weighted by Crippen LogP contribution is 2.31. The minimum Gasteiger partial charge on any atom is -0.339 e. The predicted molar refractivity (Wildman–Crippen MR) is 112 cm³/mol. The number of hydrogen-bond donors (Lipinski definition) is 1. The molecule has 2 aromatic rings. The lowest BCUT2D eigenvalue weighted by molar-refractivity contribution is -0.137. The molecule has 1 fully saturated rings. The average molecular weight is 452 g/mol. The highest BCUT2D eigenvalue weighted by molar-refractivity contribution is 7.15. The minimum absolute atomic E-state index is 0.0782. The number of amides is 2. The number of carbonyl (C=O) groups excluding carboxylic acids is 2. The molecule has 2 aliphatic rings. The van der Waals surface area contributed by atoms with Gasteiger partial charge in [-0.1, -0.05) is 6.42 Å². The van der Waals surface area contributed by atoms with Crippen LogP contribution in [0, 0.1) is 5.92 Å². The lowest BCUT2D eigenvalue weighted by atomic mass is 9.95. The molecule has 1 aliphatic carbocycles. The van der Waals surface area contributed by atoms with Crippen LogP contribution < -0.4 is 5.32 Å². The van der Waals surface area contributed by atoms with Gasteiger partial charge < -0.3 is 10.2 Å². The Morgan fingerprint density at radius 1 is 1.03 bits per heavy atom. The van der Waals surface area contributed by atoms with E-state index >= 15 is 0 Å². The van der Waals surface area contributed by atoms with Gasteiger partial charge in [0.1, 0.15) is 0 Å². The van der Waals surface area contributed by atoms with E-state index in [2.05, 4.69) is 10.3 Å². The number of anilines is 1. The van der Waals surface area contributed by atoms with Crippen molar-refractivity contribution in [1.82, 2.24) is 9.88 Å². The van der Waals surface area contributed by atoms with E-state index < -0.39 is 11.7 Å². The number of nitrogens with zero attached hydrogens (tertiary/aromatic N) is 2. The van der Waals surface area contributed by atoms with E-state index in [9.17, 15) is 22.8 Å². The van der Waals surface area contributed by atoms with Crippen molar-refractivity contribution in [3.63, 3.8) is 0 Å². The molecule has 0 radical (unpaired) electrons. The van der Waals surface area contributed by atoms with E-state index in [1.807, 2.05) is 0 Å². The number of aromatic nitrogens is 1. The quantitative estimate of drug-likeness (QED) is 0.674. The molecule has 1 aromatic heterocycles. The maximum absolute atomic E-state index is 12.7. The van der Waals surface area contributed by atoms with Crippen LogP contribution in [0.4, 0.5) is 18.3 Å². The first-order chi connectivity index (χ1) is 14.8. The Balaban J connectivity index is 1.31. The van der Waals surface area contributed by atoms with Gasteiger partial charge in [-0.2, -0.15) is 13.2 Å². The smallest absolute Gasteiger partial charge is 0.339 e. The van der Waals surface area contributed by atoms with E-state index in [4.69, 9.17) is 0 Å². The number of piperidine rings is 1. The maximum Gasteiger partial charge on any atom is 0.416 e. The molecule has 0 bridgehead atoms. The molecule has 9 heteroatoms. The largest absolute Gasteiger partial charge is 0.416 e. The van der Waals surface area contributed by atoms with E-state index in [1.54, 1.807) is 16.2 Å². The number of nitrogens with one attached hydrogen (secondary N) is 1. The van der Waals surface area contributed by atoms with Gasteiger partial charge in [0.05, 0.1) is 11.3 Å². The second-order valence-corrected chi connectivity index (χ2v) is 9.16. The highest BCUT2D eigenvalue weighted by atomic mass is 32.1. The van der Waals surface area contributed by atoms with Crippen molar-refractivity contribution in [2.75, 3.05) is 18.4 Å². The Hall–Kier alpha value is -2.42. The van der Waals surface area contributed by atoms with Crippen molar-refractivity contribution in [2.24, 2.45) is 5.92 Å². The molecule has 0 atom stereocenters. The number of hydrogen-bond acceptors (Lipinski definition) is 4. The molecule has 0 spiro atoms. The van der Waals surface area contributed by atoms with Gasteiger partial charge in [-0.15, -0.1) is 11.3 Å². The summed E-state index contributed by atoms with van der Waals surface area (Å²) in [5.41, 5.74) is 0.550. The topological polar surface area (TPSA) is 62.3 Å². The maximum atomic E-state index is 12.7. The number of rotatable bonds is 3. The Morgan fingerprint density at radius 3 is 2.39 bits per heavy atom. The van der Waals surface area contributed by atoms with Crippen molar-refractivity contribution in [1.29, 1.82) is 0 Å². The Labute approximate surface area is 182 Å². The number of halogens is 3. The third-order valence-corrected chi connectivity index (χ3v) is 7.01. The molecule has 2 amide bonds. The van der Waals surface area contributed by atoms with Crippen molar-refractivity contribution in [3.05, 3.63) is 46.0 Å². The summed E-state index contributed by atoms with van der Waals surface area (Å²) >= 11 is 1.56. The molecule has 1 N–H and O–H groups in total. The van der Waals surface area contributed by atoms with Crippen LogP contribution in [0.1, 0.15) is 58.6 Å². The van der Waals surface area contributed by atoms with Crippen LogP contribution in [0.2, 0.25) is 0 Å². The fraction of sp³-hybridized carbons (Fsp3) is 0.500. The standard InChI is InChI=1S/C22H24F3N3O2S/c23-22(24,25)16-8-6-15(7-9-16)20(30)28-12-10-14(11-13-28)19(29)27-21-26-17-4-2-1-3-5-18(17)31-21/h6-9,14H,1-5,10-13H2,(H,26,27,29). The number of benzene rings is 1. The molecule has 5 nitrogen and oxygen atoms in total.